The van der Waals surface area contributed by atoms with Crippen LogP contribution < -0.4 is 0 Å². The molecule has 30 heavy (non-hydrogen) atoms. The first kappa shape index (κ1) is 22.2. The number of allylic oxidation sites excluding steroid dienone is 4. The SMILES string of the molecule is CC1C[C@H]2[C@@H]3C(Br)C(F)C4=CC(=O)C=C[C@]4(C)[C@@]3(F)C(O)C[C@]2(C)[C@@]1(O)C(=O)CO. The molecule has 0 amide bonds. The molecule has 5 nitrogen and oxygen atoms in total. The van der Waals surface area contributed by atoms with Crippen LogP contribution >= 0.6 is 15.9 Å². The zero-order valence-electron chi connectivity index (χ0n) is 17.1. The van der Waals surface area contributed by atoms with Gasteiger partial charge in [0, 0.05) is 16.7 Å². The summed E-state index contributed by atoms with van der Waals surface area (Å²) in [6.45, 7) is 3.91. The van der Waals surface area contributed by atoms with Crippen molar-refractivity contribution >= 4 is 27.5 Å². The Morgan fingerprint density at radius 3 is 2.60 bits per heavy atom. The molecule has 0 aliphatic heterocycles. The van der Waals surface area contributed by atoms with Crippen molar-refractivity contribution in [3.63, 3.8) is 0 Å². The second-order valence-corrected chi connectivity index (χ2v) is 11.0. The number of Topliss-reactive ketones (excluding diaryl/α,β-unsaturated/α-hetero) is 1. The Labute approximate surface area is 182 Å². The molecule has 0 saturated heterocycles. The summed E-state index contributed by atoms with van der Waals surface area (Å²) in [4.78, 5) is 23.5. The van der Waals surface area contributed by atoms with Crippen LogP contribution in [0.2, 0.25) is 0 Å². The number of hydrogen-bond acceptors (Lipinski definition) is 5. The van der Waals surface area contributed by atoms with Crippen molar-refractivity contribution in [2.24, 2.45) is 28.6 Å². The Morgan fingerprint density at radius 1 is 1.37 bits per heavy atom. The second-order valence-electron chi connectivity index (χ2n) is 9.91. The fraction of sp³-hybridized carbons (Fsp3) is 0.727. The summed E-state index contributed by atoms with van der Waals surface area (Å²) in [6.07, 6.45) is 0.383. The summed E-state index contributed by atoms with van der Waals surface area (Å²) in [5.74, 6) is -3.50. The average molecular weight is 489 g/mol. The molecule has 3 fully saturated rings. The van der Waals surface area contributed by atoms with Gasteiger partial charge in [0.15, 0.2) is 17.2 Å². The molecule has 166 valence electrons. The van der Waals surface area contributed by atoms with E-state index < -0.39 is 75.1 Å². The summed E-state index contributed by atoms with van der Waals surface area (Å²) in [6, 6.07) is 0. The first-order chi connectivity index (χ1) is 13.8. The molecule has 3 saturated carbocycles. The van der Waals surface area contributed by atoms with E-state index in [2.05, 4.69) is 15.9 Å². The Balaban J connectivity index is 1.92. The molecule has 4 aliphatic rings. The molecule has 0 aromatic rings. The number of alkyl halides is 3. The summed E-state index contributed by atoms with van der Waals surface area (Å²) < 4.78 is 32.7. The van der Waals surface area contributed by atoms with Gasteiger partial charge in [0.2, 0.25) is 0 Å². The van der Waals surface area contributed by atoms with Crippen LogP contribution in [0.5, 0.6) is 0 Å². The van der Waals surface area contributed by atoms with E-state index >= 15 is 8.78 Å². The maximum atomic E-state index is 17.1. The van der Waals surface area contributed by atoms with E-state index in [0.29, 0.717) is 0 Å². The second kappa shape index (κ2) is 6.53. The number of aliphatic hydroxyl groups excluding tert-OH is 2. The van der Waals surface area contributed by atoms with E-state index in [1.54, 1.807) is 13.8 Å². The smallest absolute Gasteiger partial charge is 0.190 e. The zero-order valence-corrected chi connectivity index (χ0v) is 18.7. The summed E-state index contributed by atoms with van der Waals surface area (Å²) >= 11 is 3.32. The first-order valence-corrected chi connectivity index (χ1v) is 11.2. The van der Waals surface area contributed by atoms with Crippen LogP contribution in [-0.4, -0.2) is 61.9 Å². The highest BCUT2D eigenvalue weighted by molar-refractivity contribution is 9.09. The van der Waals surface area contributed by atoms with Crippen LogP contribution in [0.3, 0.4) is 0 Å². The molecular weight excluding hydrogens is 462 g/mol. The van der Waals surface area contributed by atoms with E-state index in [0.717, 1.165) is 6.08 Å². The first-order valence-electron chi connectivity index (χ1n) is 10.3. The molecule has 0 aromatic heterocycles. The maximum absolute atomic E-state index is 17.1. The number of fused-ring (bicyclic) bond motifs is 5. The van der Waals surface area contributed by atoms with Crippen molar-refractivity contribution in [2.45, 2.75) is 62.0 Å². The van der Waals surface area contributed by atoms with Crippen LogP contribution in [-0.2, 0) is 9.59 Å². The minimum atomic E-state index is -2.32. The van der Waals surface area contributed by atoms with Gasteiger partial charge in [-0.2, -0.15) is 0 Å². The predicted octanol–water partition coefficient (Wildman–Crippen LogP) is 2.22. The molecular formula is C22H27BrF2O5. The number of carbonyl (C=O) groups is 2. The van der Waals surface area contributed by atoms with E-state index in [9.17, 15) is 24.9 Å². The molecule has 0 radical (unpaired) electrons. The standard InChI is InChI=1S/C22H27BrF2O5/c1-10-6-12-16-17(23)18(24)13-7-11(27)4-5-19(13,2)21(16,25)14(28)8-20(12,3)22(10,30)15(29)9-26/h4-5,7,10,12,14,16-18,26,28,30H,6,8-9H2,1-3H3/t10?,12-,14?,16+,17?,18?,19-,20-,21+,22-/m0/s1. The van der Waals surface area contributed by atoms with Gasteiger partial charge in [-0.3, -0.25) is 9.59 Å². The van der Waals surface area contributed by atoms with Gasteiger partial charge in [0.25, 0.3) is 0 Å². The number of ketones is 2. The summed E-state index contributed by atoms with van der Waals surface area (Å²) in [5, 5.41) is 32.1. The van der Waals surface area contributed by atoms with E-state index in [1.165, 1.54) is 19.1 Å². The molecule has 0 bridgehead atoms. The highest BCUT2D eigenvalue weighted by Gasteiger charge is 2.78. The van der Waals surface area contributed by atoms with Crippen molar-refractivity contribution in [3.8, 4) is 0 Å². The van der Waals surface area contributed by atoms with Gasteiger partial charge in [-0.05, 0) is 49.3 Å². The lowest BCUT2D eigenvalue weighted by Crippen LogP contribution is -2.73. The summed E-state index contributed by atoms with van der Waals surface area (Å²) in [7, 11) is 0. The third kappa shape index (κ3) is 2.26. The highest BCUT2D eigenvalue weighted by atomic mass is 79.9. The molecule has 4 rings (SSSR count). The molecule has 0 heterocycles. The Kier molecular flexibility index (Phi) is 4.84. The average Bonchev–Trinajstić information content (AvgIpc) is 2.89. The predicted molar refractivity (Wildman–Crippen MR) is 108 cm³/mol. The fourth-order valence-electron chi connectivity index (χ4n) is 7.20. The fourth-order valence-corrected chi connectivity index (χ4v) is 8.23. The largest absolute Gasteiger partial charge is 0.390 e. The monoisotopic (exact) mass is 488 g/mol. The van der Waals surface area contributed by atoms with Gasteiger partial charge in [0.05, 0.1) is 10.9 Å². The lowest BCUT2D eigenvalue weighted by Gasteiger charge is -2.64. The number of halogens is 3. The molecule has 4 unspecified atom stereocenters. The van der Waals surface area contributed by atoms with Crippen LogP contribution in [0.1, 0.15) is 33.6 Å². The Morgan fingerprint density at radius 2 is 2.00 bits per heavy atom. The molecule has 3 N–H and O–H groups in total. The highest BCUT2D eigenvalue weighted by Crippen LogP contribution is 2.71. The van der Waals surface area contributed by atoms with Gasteiger partial charge in [0.1, 0.15) is 18.4 Å². The van der Waals surface area contributed by atoms with Crippen LogP contribution in [0, 0.1) is 28.6 Å². The normalized spacial score (nSPS) is 54.8. The van der Waals surface area contributed by atoms with E-state index in [-0.39, 0.29) is 18.4 Å². The van der Waals surface area contributed by atoms with Gasteiger partial charge in [-0.25, -0.2) is 8.78 Å². The third-order valence-corrected chi connectivity index (χ3v) is 9.83. The lowest BCUT2D eigenvalue weighted by molar-refractivity contribution is -0.221. The van der Waals surface area contributed by atoms with E-state index in [4.69, 9.17) is 0 Å². The van der Waals surface area contributed by atoms with Crippen molar-refractivity contribution in [1.29, 1.82) is 0 Å². The van der Waals surface area contributed by atoms with Crippen LogP contribution in [0.4, 0.5) is 8.78 Å². The van der Waals surface area contributed by atoms with Gasteiger partial charge in [-0.15, -0.1) is 0 Å². The number of aliphatic hydroxyl groups is 3. The molecule has 8 heteroatoms. The number of hydrogen-bond donors (Lipinski definition) is 3. The van der Waals surface area contributed by atoms with Crippen molar-refractivity contribution in [2.75, 3.05) is 6.61 Å². The van der Waals surface area contributed by atoms with Gasteiger partial charge in [-0.1, -0.05) is 35.9 Å². The van der Waals surface area contributed by atoms with Crippen LogP contribution in [0.25, 0.3) is 0 Å². The van der Waals surface area contributed by atoms with Gasteiger partial charge >= 0.3 is 0 Å². The quantitative estimate of drug-likeness (QED) is 0.518. The Bertz CT molecular complexity index is 876. The Hall–Kier alpha value is -0.960. The maximum Gasteiger partial charge on any atom is 0.190 e. The molecule has 0 spiro atoms. The van der Waals surface area contributed by atoms with Crippen LogP contribution in [0.15, 0.2) is 23.8 Å². The van der Waals surface area contributed by atoms with Crippen molar-refractivity contribution in [3.05, 3.63) is 23.8 Å². The summed E-state index contributed by atoms with van der Waals surface area (Å²) in [5.41, 5.74) is -7.07. The van der Waals surface area contributed by atoms with Crippen molar-refractivity contribution < 1.29 is 33.7 Å². The third-order valence-electron chi connectivity index (χ3n) is 8.79. The minimum absolute atomic E-state index is 0.00832. The van der Waals surface area contributed by atoms with Gasteiger partial charge < -0.3 is 15.3 Å². The van der Waals surface area contributed by atoms with Crippen molar-refractivity contribution in [1.82, 2.24) is 0 Å². The topological polar surface area (TPSA) is 94.8 Å². The number of carbonyl (C=O) groups excluding carboxylic acids is 2. The lowest BCUT2D eigenvalue weighted by atomic mass is 9.44. The van der Waals surface area contributed by atoms with E-state index in [1.807, 2.05) is 0 Å². The number of rotatable bonds is 2. The minimum Gasteiger partial charge on any atom is -0.390 e. The molecule has 4 aliphatic carbocycles. The molecule has 0 aromatic carbocycles. The zero-order chi connectivity index (χ0) is 22.4. The molecule has 10 atom stereocenters.